The summed E-state index contributed by atoms with van der Waals surface area (Å²) in [6.45, 7) is 4.73. The van der Waals surface area contributed by atoms with E-state index >= 15 is 0 Å². The van der Waals surface area contributed by atoms with Crippen molar-refractivity contribution in [2.45, 2.75) is 24.3 Å². The van der Waals surface area contributed by atoms with Gasteiger partial charge in [-0.1, -0.05) is 12.1 Å². The van der Waals surface area contributed by atoms with E-state index in [4.69, 9.17) is 4.74 Å². The van der Waals surface area contributed by atoms with Crippen molar-refractivity contribution in [2.24, 2.45) is 5.92 Å². The van der Waals surface area contributed by atoms with Gasteiger partial charge in [-0.05, 0) is 37.0 Å². The van der Waals surface area contributed by atoms with Crippen molar-refractivity contribution in [3.05, 3.63) is 29.8 Å². The highest BCUT2D eigenvalue weighted by Gasteiger charge is 2.16. The molecule has 1 aromatic carbocycles. The van der Waals surface area contributed by atoms with Crippen molar-refractivity contribution in [3.8, 4) is 0 Å². The van der Waals surface area contributed by atoms with Gasteiger partial charge in [0, 0.05) is 25.4 Å². The SMILES string of the molecule is CC(NCC1CCOC1)c1ccc(S(C)(=O)=O)cc1. The van der Waals surface area contributed by atoms with Gasteiger partial charge in [-0.25, -0.2) is 8.42 Å². The molecule has 1 heterocycles. The van der Waals surface area contributed by atoms with Crippen LogP contribution < -0.4 is 5.32 Å². The van der Waals surface area contributed by atoms with Crippen LogP contribution >= 0.6 is 0 Å². The van der Waals surface area contributed by atoms with Crippen molar-refractivity contribution >= 4 is 9.84 Å². The molecule has 0 aromatic heterocycles. The van der Waals surface area contributed by atoms with Gasteiger partial charge in [-0.3, -0.25) is 0 Å². The van der Waals surface area contributed by atoms with Crippen LogP contribution in [0.15, 0.2) is 29.2 Å². The fourth-order valence-electron chi connectivity index (χ4n) is 2.21. The molecule has 0 aliphatic carbocycles. The molecular weight excluding hydrogens is 262 g/mol. The zero-order chi connectivity index (χ0) is 13.9. The Labute approximate surface area is 115 Å². The number of ether oxygens (including phenoxy) is 1. The van der Waals surface area contributed by atoms with E-state index in [1.807, 2.05) is 12.1 Å². The van der Waals surface area contributed by atoms with E-state index in [-0.39, 0.29) is 6.04 Å². The van der Waals surface area contributed by atoms with Gasteiger partial charge in [-0.15, -0.1) is 0 Å². The summed E-state index contributed by atoms with van der Waals surface area (Å²) >= 11 is 0. The molecule has 0 saturated carbocycles. The second-order valence-electron chi connectivity index (χ2n) is 5.20. The molecule has 1 saturated heterocycles. The van der Waals surface area contributed by atoms with Crippen LogP contribution in [0.3, 0.4) is 0 Å². The van der Waals surface area contributed by atoms with E-state index in [2.05, 4.69) is 12.2 Å². The quantitative estimate of drug-likeness (QED) is 0.895. The second-order valence-corrected chi connectivity index (χ2v) is 7.22. The van der Waals surface area contributed by atoms with E-state index in [0.29, 0.717) is 10.8 Å². The number of rotatable bonds is 5. The molecule has 4 nitrogen and oxygen atoms in total. The van der Waals surface area contributed by atoms with E-state index in [9.17, 15) is 8.42 Å². The minimum absolute atomic E-state index is 0.217. The second kappa shape index (κ2) is 6.03. The number of nitrogens with one attached hydrogen (secondary N) is 1. The minimum atomic E-state index is -3.11. The van der Waals surface area contributed by atoms with Crippen LogP contribution in [0.25, 0.3) is 0 Å². The van der Waals surface area contributed by atoms with Crippen molar-refractivity contribution < 1.29 is 13.2 Å². The first-order valence-corrected chi connectivity index (χ1v) is 8.47. The van der Waals surface area contributed by atoms with Crippen molar-refractivity contribution in [1.29, 1.82) is 0 Å². The average Bonchev–Trinajstić information content (AvgIpc) is 2.88. The molecule has 2 atom stereocenters. The lowest BCUT2D eigenvalue weighted by molar-refractivity contribution is 0.184. The Balaban J connectivity index is 1.93. The van der Waals surface area contributed by atoms with Gasteiger partial charge >= 0.3 is 0 Å². The summed E-state index contributed by atoms with van der Waals surface area (Å²) in [6.07, 6.45) is 2.34. The van der Waals surface area contributed by atoms with E-state index in [1.165, 1.54) is 6.26 Å². The Hall–Kier alpha value is -0.910. The number of benzene rings is 1. The fourth-order valence-corrected chi connectivity index (χ4v) is 2.84. The predicted octanol–water partition coefficient (Wildman–Crippen LogP) is 1.78. The maximum atomic E-state index is 11.4. The molecule has 19 heavy (non-hydrogen) atoms. The van der Waals surface area contributed by atoms with Crippen LogP contribution in [0.1, 0.15) is 24.9 Å². The van der Waals surface area contributed by atoms with Crippen LogP contribution in [0.2, 0.25) is 0 Å². The van der Waals surface area contributed by atoms with Gasteiger partial charge in [0.15, 0.2) is 9.84 Å². The topological polar surface area (TPSA) is 55.4 Å². The van der Waals surface area contributed by atoms with Crippen LogP contribution in [0, 0.1) is 5.92 Å². The molecule has 0 spiro atoms. The van der Waals surface area contributed by atoms with Gasteiger partial charge in [-0.2, -0.15) is 0 Å². The third-order valence-electron chi connectivity index (χ3n) is 3.54. The summed E-state index contributed by atoms with van der Waals surface area (Å²) in [5, 5.41) is 3.47. The van der Waals surface area contributed by atoms with Gasteiger partial charge in [0.2, 0.25) is 0 Å². The zero-order valence-corrected chi connectivity index (χ0v) is 12.2. The number of sulfone groups is 1. The summed E-state index contributed by atoms with van der Waals surface area (Å²) in [6, 6.07) is 7.30. The summed E-state index contributed by atoms with van der Waals surface area (Å²) in [5.74, 6) is 0.595. The standard InChI is InChI=1S/C14H21NO3S/c1-11(15-9-12-7-8-18-10-12)13-3-5-14(6-4-13)19(2,16)17/h3-6,11-12,15H,7-10H2,1-2H3. The van der Waals surface area contributed by atoms with Gasteiger partial charge in [0.05, 0.1) is 11.5 Å². The molecule has 0 radical (unpaired) electrons. The third kappa shape index (κ3) is 4.03. The highest BCUT2D eigenvalue weighted by atomic mass is 32.2. The Morgan fingerprint density at radius 3 is 2.58 bits per heavy atom. The van der Waals surface area contributed by atoms with Crippen molar-refractivity contribution in [2.75, 3.05) is 26.0 Å². The van der Waals surface area contributed by atoms with Crippen molar-refractivity contribution in [3.63, 3.8) is 0 Å². The summed E-state index contributed by atoms with van der Waals surface area (Å²) in [7, 11) is -3.11. The van der Waals surface area contributed by atoms with Crippen LogP contribution in [0.4, 0.5) is 0 Å². The number of hydrogen-bond donors (Lipinski definition) is 1. The van der Waals surface area contributed by atoms with Gasteiger partial charge in [0.25, 0.3) is 0 Å². The molecule has 2 unspecified atom stereocenters. The highest BCUT2D eigenvalue weighted by Crippen LogP contribution is 2.18. The maximum Gasteiger partial charge on any atom is 0.175 e. The minimum Gasteiger partial charge on any atom is -0.381 e. The van der Waals surface area contributed by atoms with E-state index < -0.39 is 9.84 Å². The third-order valence-corrected chi connectivity index (χ3v) is 4.67. The van der Waals surface area contributed by atoms with E-state index in [0.717, 1.165) is 31.7 Å². The Bertz CT molecular complexity index is 504. The maximum absolute atomic E-state index is 11.4. The first-order chi connectivity index (χ1) is 8.97. The zero-order valence-electron chi connectivity index (χ0n) is 11.4. The Morgan fingerprint density at radius 2 is 2.05 bits per heavy atom. The van der Waals surface area contributed by atoms with Crippen LogP contribution in [0.5, 0.6) is 0 Å². The molecule has 1 fully saturated rings. The highest BCUT2D eigenvalue weighted by molar-refractivity contribution is 7.90. The molecule has 2 rings (SSSR count). The molecule has 1 aliphatic rings. The summed E-state index contributed by atoms with van der Waals surface area (Å²) in [5.41, 5.74) is 1.10. The molecule has 0 amide bonds. The molecule has 1 N–H and O–H groups in total. The first kappa shape index (κ1) is 14.5. The van der Waals surface area contributed by atoms with Gasteiger partial charge in [0.1, 0.15) is 0 Å². The monoisotopic (exact) mass is 283 g/mol. The molecule has 1 aromatic rings. The van der Waals surface area contributed by atoms with Crippen LogP contribution in [-0.2, 0) is 14.6 Å². The van der Waals surface area contributed by atoms with E-state index in [1.54, 1.807) is 12.1 Å². The molecule has 106 valence electrons. The largest absolute Gasteiger partial charge is 0.381 e. The first-order valence-electron chi connectivity index (χ1n) is 6.58. The average molecular weight is 283 g/mol. The lowest BCUT2D eigenvalue weighted by Crippen LogP contribution is -2.26. The summed E-state index contributed by atoms with van der Waals surface area (Å²) in [4.78, 5) is 0.368. The fraction of sp³-hybridized carbons (Fsp3) is 0.571. The lowest BCUT2D eigenvalue weighted by atomic mass is 10.1. The van der Waals surface area contributed by atoms with Gasteiger partial charge < -0.3 is 10.1 Å². The molecular formula is C14H21NO3S. The smallest absolute Gasteiger partial charge is 0.175 e. The van der Waals surface area contributed by atoms with Crippen LogP contribution in [-0.4, -0.2) is 34.4 Å². The molecule has 0 bridgehead atoms. The Kier molecular flexibility index (Phi) is 4.60. The normalized spacial score (nSPS) is 21.5. The van der Waals surface area contributed by atoms with Crippen molar-refractivity contribution in [1.82, 2.24) is 5.32 Å². The summed E-state index contributed by atoms with van der Waals surface area (Å²) < 4.78 is 28.1. The predicted molar refractivity (Wildman–Crippen MR) is 74.9 cm³/mol. The molecule has 1 aliphatic heterocycles. The lowest BCUT2D eigenvalue weighted by Gasteiger charge is -2.17. The molecule has 5 heteroatoms. The Morgan fingerprint density at radius 1 is 1.37 bits per heavy atom. The number of hydrogen-bond acceptors (Lipinski definition) is 4.